The van der Waals surface area contributed by atoms with Crippen LogP contribution < -0.4 is 9.77 Å². The van der Waals surface area contributed by atoms with Crippen molar-refractivity contribution in [3.8, 4) is 0 Å². The average molecular weight is 305 g/mol. The van der Waals surface area contributed by atoms with Gasteiger partial charge in [0.25, 0.3) is 0 Å². The monoisotopic (exact) mass is 305 g/mol. The molecule has 3 rings (SSSR count). The van der Waals surface area contributed by atoms with Gasteiger partial charge in [-0.3, -0.25) is 0 Å². The zero-order chi connectivity index (χ0) is 15.4. The first-order valence-electron chi connectivity index (χ1n) is 7.47. The molecule has 5 heteroatoms. The van der Waals surface area contributed by atoms with E-state index < -0.39 is 0 Å². The number of anilines is 1. The summed E-state index contributed by atoms with van der Waals surface area (Å²) in [7, 11) is 2.12. The zero-order valence-electron chi connectivity index (χ0n) is 13.8. The molecule has 2 aliphatic rings. The second kappa shape index (κ2) is 4.87. The Morgan fingerprint density at radius 1 is 1.19 bits per heavy atom. The van der Waals surface area contributed by atoms with Crippen LogP contribution in [0.3, 0.4) is 0 Å². The van der Waals surface area contributed by atoms with Gasteiger partial charge < -0.3 is 13.6 Å². The van der Waals surface area contributed by atoms with Gasteiger partial charge >= 0.3 is 7.12 Å². The highest BCUT2D eigenvalue weighted by Crippen LogP contribution is 2.41. The molecule has 0 aromatic heterocycles. The van der Waals surface area contributed by atoms with Crippen molar-refractivity contribution in [2.45, 2.75) is 51.6 Å². The molecule has 0 spiro atoms. The molecule has 0 aliphatic carbocycles. The molecule has 2 heterocycles. The molecule has 1 unspecified atom stereocenters. The number of nitrogens with zero attached hydrogens (tertiary/aromatic N) is 1. The minimum absolute atomic E-state index is 0.211. The Hall–Kier alpha value is -0.775. The van der Waals surface area contributed by atoms with E-state index >= 15 is 0 Å². The Bertz CT molecular complexity index is 596. The Kier molecular flexibility index (Phi) is 3.51. The maximum atomic E-state index is 6.15. The van der Waals surface area contributed by atoms with Crippen molar-refractivity contribution in [2.24, 2.45) is 0 Å². The van der Waals surface area contributed by atoms with Crippen molar-refractivity contribution >= 4 is 34.3 Å². The molecule has 1 aromatic rings. The first-order chi connectivity index (χ1) is 9.75. The van der Waals surface area contributed by atoms with Crippen molar-refractivity contribution in [1.82, 2.24) is 0 Å². The summed E-state index contributed by atoms with van der Waals surface area (Å²) < 4.78 is 14.7. The van der Waals surface area contributed by atoms with Gasteiger partial charge in [0.15, 0.2) is 0 Å². The number of fused-ring (bicyclic) bond motifs is 1. The van der Waals surface area contributed by atoms with Crippen LogP contribution in [0.4, 0.5) is 5.69 Å². The molecule has 1 saturated heterocycles. The quantitative estimate of drug-likeness (QED) is 0.588. The van der Waals surface area contributed by atoms with Crippen LogP contribution in [0.25, 0.3) is 0 Å². The van der Waals surface area contributed by atoms with Crippen LogP contribution in [0.1, 0.15) is 40.2 Å². The first-order valence-corrected chi connectivity index (χ1v) is 8.88. The number of benzene rings is 1. The third-order valence-electron chi connectivity index (χ3n) is 4.90. The van der Waals surface area contributed by atoms with E-state index in [-0.39, 0.29) is 29.0 Å². The Labute approximate surface area is 130 Å². The molecule has 3 nitrogen and oxygen atoms in total. The van der Waals surface area contributed by atoms with Gasteiger partial charge in [-0.2, -0.15) is 0 Å². The molecule has 0 saturated carbocycles. The van der Waals surface area contributed by atoms with Gasteiger partial charge in [-0.15, -0.1) is 0 Å². The summed E-state index contributed by atoms with van der Waals surface area (Å²) in [5.41, 5.74) is 3.29. The van der Waals surface area contributed by atoms with Gasteiger partial charge in [0.1, 0.15) is 0 Å². The van der Waals surface area contributed by atoms with Crippen LogP contribution in [0, 0.1) is 0 Å². The van der Waals surface area contributed by atoms with Gasteiger partial charge in [-0.25, -0.2) is 0 Å². The molecular weight excluding hydrogens is 281 g/mol. The molecule has 2 aliphatic heterocycles. The van der Waals surface area contributed by atoms with Crippen LogP contribution in [-0.4, -0.2) is 30.7 Å². The highest BCUT2D eigenvalue weighted by atomic mass is 32.2. The standard InChI is InChI=1S/C16H24BNO2S/c1-7-21-11-12-10-13(8-9-14(12)18(21)6)17-19-15(2,3)16(4,5)20-17/h7-10H,11H2,1-6H3. The van der Waals surface area contributed by atoms with Crippen LogP contribution >= 0.6 is 10.7 Å². The topological polar surface area (TPSA) is 21.7 Å². The smallest absolute Gasteiger partial charge is 0.399 e. The molecule has 0 amide bonds. The lowest BCUT2D eigenvalue weighted by atomic mass is 9.78. The van der Waals surface area contributed by atoms with Crippen molar-refractivity contribution < 1.29 is 9.31 Å². The molecule has 21 heavy (non-hydrogen) atoms. The normalized spacial score (nSPS) is 26.5. The summed E-state index contributed by atoms with van der Waals surface area (Å²) in [6.45, 7) is 10.5. The highest BCUT2D eigenvalue weighted by Gasteiger charge is 2.51. The maximum Gasteiger partial charge on any atom is 0.494 e. The van der Waals surface area contributed by atoms with Crippen LogP contribution in [-0.2, 0) is 15.1 Å². The fourth-order valence-electron chi connectivity index (χ4n) is 2.78. The van der Waals surface area contributed by atoms with E-state index in [2.05, 4.69) is 69.5 Å². The zero-order valence-corrected chi connectivity index (χ0v) is 14.6. The van der Waals surface area contributed by atoms with E-state index in [9.17, 15) is 0 Å². The maximum absolute atomic E-state index is 6.15. The summed E-state index contributed by atoms with van der Waals surface area (Å²) in [6.07, 6.45) is 0. The highest BCUT2D eigenvalue weighted by molar-refractivity contribution is 8.15. The lowest BCUT2D eigenvalue weighted by Gasteiger charge is -2.32. The summed E-state index contributed by atoms with van der Waals surface area (Å²) in [5, 5.41) is 2.29. The SMILES string of the molecule is CC=S1Cc2cc(B3OC(C)(C)C(C)(C)O3)ccc2N1C. The summed E-state index contributed by atoms with van der Waals surface area (Å²) >= 11 is 0. The average Bonchev–Trinajstić information content (AvgIpc) is 2.84. The van der Waals surface area contributed by atoms with Crippen molar-refractivity contribution in [2.75, 3.05) is 11.4 Å². The predicted octanol–water partition coefficient (Wildman–Crippen LogP) is 2.94. The first kappa shape index (κ1) is 15.1. The van der Waals surface area contributed by atoms with Crippen molar-refractivity contribution in [1.29, 1.82) is 0 Å². The Balaban J connectivity index is 1.91. The summed E-state index contributed by atoms with van der Waals surface area (Å²) in [4.78, 5) is 0. The third kappa shape index (κ3) is 2.35. The fourth-order valence-corrected chi connectivity index (χ4v) is 4.44. The van der Waals surface area contributed by atoms with Gasteiger partial charge in [0, 0.05) is 12.8 Å². The van der Waals surface area contributed by atoms with E-state index in [0.29, 0.717) is 0 Å². The molecule has 1 fully saturated rings. The fraction of sp³-hybridized carbons (Fsp3) is 0.562. The number of rotatable bonds is 1. The lowest BCUT2D eigenvalue weighted by Crippen LogP contribution is -2.41. The van der Waals surface area contributed by atoms with E-state index in [1.807, 2.05) is 0 Å². The minimum Gasteiger partial charge on any atom is -0.399 e. The minimum atomic E-state index is -0.283. The predicted molar refractivity (Wildman–Crippen MR) is 93.6 cm³/mol. The summed E-state index contributed by atoms with van der Waals surface area (Å²) in [5.74, 6) is 1.09. The van der Waals surface area contributed by atoms with E-state index in [1.54, 1.807) is 0 Å². The van der Waals surface area contributed by atoms with E-state index in [4.69, 9.17) is 9.31 Å². The van der Waals surface area contributed by atoms with Crippen molar-refractivity contribution in [3.05, 3.63) is 23.8 Å². The van der Waals surface area contributed by atoms with E-state index in [0.717, 1.165) is 11.2 Å². The third-order valence-corrected chi connectivity index (χ3v) is 6.95. The molecule has 0 bridgehead atoms. The van der Waals surface area contributed by atoms with Crippen LogP contribution in [0.5, 0.6) is 0 Å². The molecule has 0 N–H and O–H groups in total. The Morgan fingerprint density at radius 2 is 1.81 bits per heavy atom. The summed E-state index contributed by atoms with van der Waals surface area (Å²) in [6, 6.07) is 6.59. The molecule has 1 aromatic carbocycles. The largest absolute Gasteiger partial charge is 0.494 e. The lowest BCUT2D eigenvalue weighted by molar-refractivity contribution is 0.00578. The molecule has 0 radical (unpaired) electrons. The van der Waals surface area contributed by atoms with Gasteiger partial charge in [0.05, 0.1) is 16.9 Å². The Morgan fingerprint density at radius 3 is 2.38 bits per heavy atom. The molecule has 114 valence electrons. The van der Waals surface area contributed by atoms with Crippen LogP contribution in [0.15, 0.2) is 18.2 Å². The second-order valence-corrected chi connectivity index (χ2v) is 8.87. The van der Waals surface area contributed by atoms with Crippen molar-refractivity contribution in [3.63, 3.8) is 0 Å². The molecule has 1 atom stereocenters. The number of hydrogen-bond acceptors (Lipinski definition) is 3. The van der Waals surface area contributed by atoms with Gasteiger partial charge in [-0.1, -0.05) is 22.8 Å². The van der Waals surface area contributed by atoms with Gasteiger partial charge in [0.2, 0.25) is 0 Å². The molecular formula is C16H24BNO2S. The number of hydrogen-bond donors (Lipinski definition) is 0. The van der Waals surface area contributed by atoms with Crippen LogP contribution in [0.2, 0.25) is 0 Å². The van der Waals surface area contributed by atoms with Gasteiger partial charge in [-0.05, 0) is 57.1 Å². The van der Waals surface area contributed by atoms with E-state index in [1.165, 1.54) is 11.3 Å². The second-order valence-electron chi connectivity index (χ2n) is 6.76.